The van der Waals surface area contributed by atoms with Crippen molar-refractivity contribution in [2.75, 3.05) is 7.11 Å². The van der Waals surface area contributed by atoms with Gasteiger partial charge in [0.25, 0.3) is 0 Å². The molecule has 17 heavy (non-hydrogen) atoms. The van der Waals surface area contributed by atoms with Crippen molar-refractivity contribution in [3.8, 4) is 5.75 Å². The smallest absolute Gasteiger partial charge is 0.166 e. The first kappa shape index (κ1) is 13.8. The van der Waals surface area contributed by atoms with Gasteiger partial charge in [-0.05, 0) is 30.0 Å². The van der Waals surface area contributed by atoms with E-state index in [-0.39, 0.29) is 5.78 Å². The predicted molar refractivity (Wildman–Crippen MR) is 70.9 cm³/mol. The molecule has 1 aromatic rings. The molecule has 0 atom stereocenters. The Labute approximate surface area is 104 Å². The van der Waals surface area contributed by atoms with Crippen LogP contribution in [-0.2, 0) is 0 Å². The number of methoxy groups -OCH3 is 1. The van der Waals surface area contributed by atoms with Crippen molar-refractivity contribution in [1.29, 1.82) is 0 Å². The number of benzene rings is 1. The average Bonchev–Trinajstić information content (AvgIpc) is 2.34. The number of hydrogen-bond acceptors (Lipinski definition) is 2. The van der Waals surface area contributed by atoms with E-state index in [1.54, 1.807) is 7.11 Å². The summed E-state index contributed by atoms with van der Waals surface area (Å²) in [5.74, 6) is 1.31. The van der Waals surface area contributed by atoms with E-state index in [2.05, 4.69) is 20.8 Å². The van der Waals surface area contributed by atoms with Crippen LogP contribution in [-0.4, -0.2) is 12.9 Å². The van der Waals surface area contributed by atoms with E-state index >= 15 is 0 Å². The molecule has 0 heterocycles. The molecule has 0 saturated carbocycles. The number of carbonyl (C=O) groups is 1. The predicted octanol–water partition coefficient (Wildman–Crippen LogP) is 4.19. The lowest BCUT2D eigenvalue weighted by molar-refractivity contribution is 0.0976. The Hall–Kier alpha value is -1.31. The Morgan fingerprint density at radius 3 is 2.59 bits per heavy atom. The molecule has 0 saturated heterocycles. The Kier molecular flexibility index (Phi) is 5.20. The molecule has 0 unspecified atom stereocenters. The summed E-state index contributed by atoms with van der Waals surface area (Å²) in [4.78, 5) is 12.1. The third kappa shape index (κ3) is 3.58. The lowest BCUT2D eigenvalue weighted by Gasteiger charge is -2.11. The molecule has 0 spiro atoms. The average molecular weight is 234 g/mol. The van der Waals surface area contributed by atoms with E-state index in [1.165, 1.54) is 5.56 Å². The lowest BCUT2D eigenvalue weighted by atomic mass is 9.97. The van der Waals surface area contributed by atoms with E-state index in [0.717, 1.165) is 18.4 Å². The van der Waals surface area contributed by atoms with Gasteiger partial charge in [0, 0.05) is 6.42 Å². The van der Waals surface area contributed by atoms with Gasteiger partial charge in [-0.3, -0.25) is 4.79 Å². The van der Waals surface area contributed by atoms with Gasteiger partial charge in [-0.25, -0.2) is 0 Å². The lowest BCUT2D eigenvalue weighted by Crippen LogP contribution is -2.03. The number of Topliss-reactive ketones (excluding diaryl/α,β-unsaturated/α-hetero) is 1. The fourth-order valence-electron chi connectivity index (χ4n) is 1.77. The van der Waals surface area contributed by atoms with Crippen molar-refractivity contribution < 1.29 is 9.53 Å². The first-order valence-corrected chi connectivity index (χ1v) is 6.31. The zero-order chi connectivity index (χ0) is 12.8. The molecule has 0 aliphatic heterocycles. The minimum absolute atomic E-state index is 0.186. The maximum Gasteiger partial charge on any atom is 0.166 e. The molecule has 1 rings (SSSR count). The molecule has 2 nitrogen and oxygen atoms in total. The van der Waals surface area contributed by atoms with Crippen molar-refractivity contribution in [3.63, 3.8) is 0 Å². The third-order valence-corrected chi connectivity index (χ3v) is 2.95. The normalized spacial score (nSPS) is 10.6. The SMILES string of the molecule is CCCCC(=O)c1cc(C(C)C)ccc1OC. The van der Waals surface area contributed by atoms with Gasteiger partial charge >= 0.3 is 0 Å². The van der Waals surface area contributed by atoms with Crippen LogP contribution < -0.4 is 4.74 Å². The molecule has 0 fully saturated rings. The van der Waals surface area contributed by atoms with E-state index in [0.29, 0.717) is 18.1 Å². The highest BCUT2D eigenvalue weighted by molar-refractivity contribution is 5.98. The van der Waals surface area contributed by atoms with Gasteiger partial charge in [0.1, 0.15) is 5.75 Å². The molecule has 0 bridgehead atoms. The number of unbranched alkanes of at least 4 members (excludes halogenated alkanes) is 1. The standard InChI is InChI=1S/C15H22O2/c1-5-6-7-14(16)13-10-12(11(2)3)8-9-15(13)17-4/h8-11H,5-7H2,1-4H3. The van der Waals surface area contributed by atoms with Crippen LogP contribution in [0.5, 0.6) is 5.75 Å². The molecule has 0 aliphatic rings. The van der Waals surface area contributed by atoms with Gasteiger partial charge in [0.05, 0.1) is 12.7 Å². The summed E-state index contributed by atoms with van der Waals surface area (Å²) in [6.45, 7) is 6.35. The van der Waals surface area contributed by atoms with Gasteiger partial charge in [-0.1, -0.05) is 33.3 Å². The quantitative estimate of drug-likeness (QED) is 0.690. The van der Waals surface area contributed by atoms with Crippen LogP contribution in [0.4, 0.5) is 0 Å². The molecule has 94 valence electrons. The third-order valence-electron chi connectivity index (χ3n) is 2.95. The van der Waals surface area contributed by atoms with E-state index in [9.17, 15) is 4.79 Å². The van der Waals surface area contributed by atoms with Crippen LogP contribution in [0.15, 0.2) is 18.2 Å². The van der Waals surface area contributed by atoms with Crippen LogP contribution in [0.25, 0.3) is 0 Å². The van der Waals surface area contributed by atoms with Gasteiger partial charge < -0.3 is 4.74 Å². The topological polar surface area (TPSA) is 26.3 Å². The number of rotatable bonds is 6. The zero-order valence-corrected chi connectivity index (χ0v) is 11.2. The highest BCUT2D eigenvalue weighted by atomic mass is 16.5. The molecule has 2 heteroatoms. The Morgan fingerprint density at radius 2 is 2.06 bits per heavy atom. The fraction of sp³-hybridized carbons (Fsp3) is 0.533. The van der Waals surface area contributed by atoms with Gasteiger partial charge in [0.2, 0.25) is 0 Å². The molecule has 0 amide bonds. The summed E-state index contributed by atoms with van der Waals surface area (Å²) in [5, 5.41) is 0. The summed E-state index contributed by atoms with van der Waals surface area (Å²) in [6.07, 6.45) is 2.58. The Morgan fingerprint density at radius 1 is 1.35 bits per heavy atom. The van der Waals surface area contributed by atoms with E-state index in [1.807, 2.05) is 18.2 Å². The molecular formula is C15H22O2. The van der Waals surface area contributed by atoms with Gasteiger partial charge in [-0.2, -0.15) is 0 Å². The number of hydrogen-bond donors (Lipinski definition) is 0. The molecule has 0 aromatic heterocycles. The van der Waals surface area contributed by atoms with Crippen molar-refractivity contribution in [3.05, 3.63) is 29.3 Å². The maximum atomic E-state index is 12.1. The van der Waals surface area contributed by atoms with Crippen molar-refractivity contribution in [2.24, 2.45) is 0 Å². The van der Waals surface area contributed by atoms with E-state index < -0.39 is 0 Å². The minimum Gasteiger partial charge on any atom is -0.496 e. The van der Waals surface area contributed by atoms with Crippen molar-refractivity contribution >= 4 is 5.78 Å². The largest absolute Gasteiger partial charge is 0.496 e. The summed E-state index contributed by atoms with van der Waals surface area (Å²) >= 11 is 0. The Bertz CT molecular complexity index is 381. The van der Waals surface area contributed by atoms with Crippen molar-refractivity contribution in [2.45, 2.75) is 46.0 Å². The Balaban J connectivity index is 3.01. The van der Waals surface area contributed by atoms with Crippen LogP contribution >= 0.6 is 0 Å². The molecule has 0 radical (unpaired) electrons. The molecule has 1 aromatic carbocycles. The zero-order valence-electron chi connectivity index (χ0n) is 11.2. The second-order valence-corrected chi connectivity index (χ2v) is 4.64. The summed E-state index contributed by atoms with van der Waals surface area (Å²) in [7, 11) is 1.61. The summed E-state index contributed by atoms with van der Waals surface area (Å²) in [6, 6.07) is 5.90. The molecule has 0 aliphatic carbocycles. The fourth-order valence-corrected chi connectivity index (χ4v) is 1.77. The molecule has 0 N–H and O–H groups in total. The highest BCUT2D eigenvalue weighted by Crippen LogP contribution is 2.25. The monoisotopic (exact) mass is 234 g/mol. The molecular weight excluding hydrogens is 212 g/mol. The van der Waals surface area contributed by atoms with Crippen LogP contribution in [0.1, 0.15) is 61.9 Å². The van der Waals surface area contributed by atoms with Crippen LogP contribution in [0, 0.1) is 0 Å². The summed E-state index contributed by atoms with van der Waals surface area (Å²) in [5.41, 5.74) is 1.91. The number of ketones is 1. The van der Waals surface area contributed by atoms with Crippen LogP contribution in [0.2, 0.25) is 0 Å². The van der Waals surface area contributed by atoms with E-state index in [4.69, 9.17) is 4.74 Å². The van der Waals surface area contributed by atoms with Crippen LogP contribution in [0.3, 0.4) is 0 Å². The number of ether oxygens (including phenoxy) is 1. The maximum absolute atomic E-state index is 12.1. The minimum atomic E-state index is 0.186. The second kappa shape index (κ2) is 6.43. The summed E-state index contributed by atoms with van der Waals surface area (Å²) < 4.78 is 5.26. The number of carbonyl (C=O) groups excluding carboxylic acids is 1. The van der Waals surface area contributed by atoms with Gasteiger partial charge in [-0.15, -0.1) is 0 Å². The van der Waals surface area contributed by atoms with Crippen molar-refractivity contribution in [1.82, 2.24) is 0 Å². The first-order chi connectivity index (χ1) is 8.10. The first-order valence-electron chi connectivity index (χ1n) is 6.31. The van der Waals surface area contributed by atoms with Gasteiger partial charge in [0.15, 0.2) is 5.78 Å². The second-order valence-electron chi connectivity index (χ2n) is 4.64. The highest BCUT2D eigenvalue weighted by Gasteiger charge is 2.13.